The van der Waals surface area contributed by atoms with Crippen molar-refractivity contribution in [3.8, 4) is 0 Å². The zero-order valence-electron chi connectivity index (χ0n) is 9.07. The fourth-order valence-corrected chi connectivity index (χ4v) is 1.35. The van der Waals surface area contributed by atoms with E-state index in [0.29, 0.717) is 0 Å². The predicted octanol–water partition coefficient (Wildman–Crippen LogP) is 2.53. The molecule has 0 spiro atoms. The lowest BCUT2D eigenvalue weighted by Gasteiger charge is -1.99. The van der Waals surface area contributed by atoms with Gasteiger partial charge in [0.05, 0.1) is 0 Å². The molecule has 0 aliphatic carbocycles. The molecule has 0 aromatic heterocycles. The van der Waals surface area contributed by atoms with Crippen LogP contribution in [0.15, 0.2) is 30.3 Å². The third-order valence-corrected chi connectivity index (χ3v) is 2.24. The van der Waals surface area contributed by atoms with Crippen LogP contribution in [0.1, 0.15) is 30.9 Å². The van der Waals surface area contributed by atoms with Gasteiger partial charge in [-0.3, -0.25) is 4.79 Å². The maximum Gasteiger partial charge on any atom is 0.241 e. The van der Waals surface area contributed by atoms with Gasteiger partial charge in [-0.25, -0.2) is 0 Å². The van der Waals surface area contributed by atoms with Gasteiger partial charge < -0.3 is 5.73 Å². The quantitative estimate of drug-likeness (QED) is 0.734. The fourth-order valence-electron chi connectivity index (χ4n) is 1.35. The molecule has 1 aromatic rings. The molecule has 0 bridgehead atoms. The predicted molar refractivity (Wildman–Crippen MR) is 63.3 cm³/mol. The Kier molecular flexibility index (Phi) is 4.61. The monoisotopic (exact) mass is 203 g/mol. The van der Waals surface area contributed by atoms with E-state index in [9.17, 15) is 4.79 Å². The van der Waals surface area contributed by atoms with Crippen molar-refractivity contribution >= 4 is 12.0 Å². The average Bonchev–Trinajstić information content (AvgIpc) is 2.25. The molecule has 0 saturated heterocycles. The van der Waals surface area contributed by atoms with E-state index in [4.69, 9.17) is 5.73 Å². The highest BCUT2D eigenvalue weighted by Crippen LogP contribution is 2.08. The van der Waals surface area contributed by atoms with Crippen molar-refractivity contribution in [1.29, 1.82) is 0 Å². The van der Waals surface area contributed by atoms with Crippen LogP contribution in [-0.4, -0.2) is 5.91 Å². The van der Waals surface area contributed by atoms with Gasteiger partial charge in [-0.15, -0.1) is 0 Å². The molecule has 2 N–H and O–H groups in total. The van der Waals surface area contributed by atoms with Gasteiger partial charge >= 0.3 is 0 Å². The highest BCUT2D eigenvalue weighted by Gasteiger charge is 1.92. The Labute approximate surface area is 90.8 Å². The molecule has 15 heavy (non-hydrogen) atoms. The molecule has 0 aliphatic rings. The van der Waals surface area contributed by atoms with Crippen LogP contribution in [-0.2, 0) is 11.2 Å². The molecule has 0 unspecified atom stereocenters. The summed E-state index contributed by atoms with van der Waals surface area (Å²) in [6, 6.07) is 8.20. The minimum Gasteiger partial charge on any atom is -0.366 e. The number of rotatable bonds is 5. The van der Waals surface area contributed by atoms with Crippen LogP contribution in [0.5, 0.6) is 0 Å². The summed E-state index contributed by atoms with van der Waals surface area (Å²) >= 11 is 0. The first-order chi connectivity index (χ1) is 7.22. The van der Waals surface area contributed by atoms with Gasteiger partial charge in [-0.1, -0.05) is 37.6 Å². The molecular formula is C13H17NO. The number of amides is 1. The summed E-state index contributed by atoms with van der Waals surface area (Å²) in [6.45, 7) is 2.18. The van der Waals surface area contributed by atoms with Crippen molar-refractivity contribution < 1.29 is 4.79 Å². The van der Waals surface area contributed by atoms with E-state index in [0.717, 1.165) is 12.0 Å². The summed E-state index contributed by atoms with van der Waals surface area (Å²) in [5, 5.41) is 0. The number of carbonyl (C=O) groups excluding carboxylic acids is 1. The van der Waals surface area contributed by atoms with Crippen LogP contribution in [0.2, 0.25) is 0 Å². The number of hydrogen-bond acceptors (Lipinski definition) is 1. The Balaban J connectivity index is 2.60. The van der Waals surface area contributed by atoms with E-state index in [1.807, 2.05) is 12.1 Å². The van der Waals surface area contributed by atoms with E-state index in [1.165, 1.54) is 24.5 Å². The Morgan fingerprint density at radius 3 is 2.53 bits per heavy atom. The van der Waals surface area contributed by atoms with Gasteiger partial charge in [0.15, 0.2) is 0 Å². The average molecular weight is 203 g/mol. The fraction of sp³-hybridized carbons (Fsp3) is 0.308. The van der Waals surface area contributed by atoms with E-state index in [1.54, 1.807) is 6.08 Å². The Morgan fingerprint density at radius 1 is 1.33 bits per heavy atom. The van der Waals surface area contributed by atoms with Crippen LogP contribution >= 0.6 is 0 Å². The van der Waals surface area contributed by atoms with Crippen LogP contribution < -0.4 is 5.73 Å². The number of hydrogen-bond donors (Lipinski definition) is 1. The lowest BCUT2D eigenvalue weighted by Crippen LogP contribution is -2.05. The molecule has 0 saturated carbocycles. The molecule has 1 amide bonds. The summed E-state index contributed by atoms with van der Waals surface area (Å²) in [5.74, 6) is -0.412. The topological polar surface area (TPSA) is 43.1 Å². The third-order valence-electron chi connectivity index (χ3n) is 2.24. The van der Waals surface area contributed by atoms with Crippen LogP contribution in [0.25, 0.3) is 6.08 Å². The summed E-state index contributed by atoms with van der Waals surface area (Å²) in [7, 11) is 0. The summed E-state index contributed by atoms with van der Waals surface area (Å²) in [6.07, 6.45) is 6.66. The molecule has 1 aromatic carbocycles. The van der Waals surface area contributed by atoms with Gasteiger partial charge in [-0.2, -0.15) is 0 Å². The lowest BCUT2D eigenvalue weighted by atomic mass is 10.1. The van der Waals surface area contributed by atoms with Gasteiger partial charge in [0.2, 0.25) is 5.91 Å². The largest absolute Gasteiger partial charge is 0.366 e. The summed E-state index contributed by atoms with van der Waals surface area (Å²) in [5.41, 5.74) is 7.36. The first-order valence-electron chi connectivity index (χ1n) is 5.29. The summed E-state index contributed by atoms with van der Waals surface area (Å²) in [4.78, 5) is 10.5. The smallest absolute Gasteiger partial charge is 0.241 e. The van der Waals surface area contributed by atoms with E-state index < -0.39 is 5.91 Å². The van der Waals surface area contributed by atoms with E-state index >= 15 is 0 Å². The molecule has 0 atom stereocenters. The minimum absolute atomic E-state index is 0.412. The molecule has 0 radical (unpaired) electrons. The van der Waals surface area contributed by atoms with E-state index in [2.05, 4.69) is 19.1 Å². The third kappa shape index (κ3) is 4.45. The highest BCUT2D eigenvalue weighted by atomic mass is 16.1. The van der Waals surface area contributed by atoms with Gasteiger partial charge in [0.25, 0.3) is 0 Å². The number of nitrogens with two attached hydrogens (primary N) is 1. The van der Waals surface area contributed by atoms with Crippen molar-refractivity contribution in [2.24, 2.45) is 5.73 Å². The SMILES string of the molecule is CCCCc1ccc(C=CC(N)=O)cc1. The second-order valence-corrected chi connectivity index (χ2v) is 3.58. The molecule has 2 heteroatoms. The van der Waals surface area contributed by atoms with Crippen LogP contribution in [0, 0.1) is 0 Å². The maximum absolute atomic E-state index is 10.5. The molecular weight excluding hydrogens is 186 g/mol. The molecule has 0 aliphatic heterocycles. The van der Waals surface area contributed by atoms with Gasteiger partial charge in [0, 0.05) is 6.08 Å². The van der Waals surface area contributed by atoms with Crippen LogP contribution in [0.4, 0.5) is 0 Å². The zero-order valence-corrected chi connectivity index (χ0v) is 9.07. The normalized spacial score (nSPS) is 10.7. The zero-order chi connectivity index (χ0) is 11.1. The molecule has 80 valence electrons. The molecule has 0 heterocycles. The lowest BCUT2D eigenvalue weighted by molar-refractivity contribution is -0.113. The number of benzene rings is 1. The molecule has 1 rings (SSSR count). The van der Waals surface area contributed by atoms with Crippen molar-refractivity contribution in [3.05, 3.63) is 41.5 Å². The first-order valence-corrected chi connectivity index (χ1v) is 5.29. The maximum atomic E-state index is 10.5. The Bertz CT molecular complexity index is 338. The second kappa shape index (κ2) is 6.02. The van der Waals surface area contributed by atoms with Crippen molar-refractivity contribution in [3.63, 3.8) is 0 Å². The second-order valence-electron chi connectivity index (χ2n) is 3.58. The van der Waals surface area contributed by atoms with Crippen molar-refractivity contribution in [1.82, 2.24) is 0 Å². The molecule has 2 nitrogen and oxygen atoms in total. The van der Waals surface area contributed by atoms with E-state index in [-0.39, 0.29) is 0 Å². The number of unbranched alkanes of at least 4 members (excludes halogenated alkanes) is 1. The van der Waals surface area contributed by atoms with Gasteiger partial charge in [-0.05, 0) is 30.0 Å². The van der Waals surface area contributed by atoms with Crippen molar-refractivity contribution in [2.75, 3.05) is 0 Å². The molecule has 0 fully saturated rings. The van der Waals surface area contributed by atoms with Crippen molar-refractivity contribution in [2.45, 2.75) is 26.2 Å². The standard InChI is InChI=1S/C13H17NO/c1-2-3-4-11-5-7-12(8-6-11)9-10-13(14)15/h5-10H,2-4H2,1H3,(H2,14,15). The first kappa shape index (κ1) is 11.5. The summed E-state index contributed by atoms with van der Waals surface area (Å²) < 4.78 is 0. The number of primary amides is 1. The Hall–Kier alpha value is -1.57. The highest BCUT2D eigenvalue weighted by molar-refractivity contribution is 5.90. The minimum atomic E-state index is -0.412. The number of aryl methyl sites for hydroxylation is 1. The number of carbonyl (C=O) groups is 1. The Morgan fingerprint density at radius 2 is 2.00 bits per heavy atom. The van der Waals surface area contributed by atoms with Crippen LogP contribution in [0.3, 0.4) is 0 Å². The van der Waals surface area contributed by atoms with Gasteiger partial charge in [0.1, 0.15) is 0 Å².